The van der Waals surface area contributed by atoms with Crippen molar-refractivity contribution >= 4 is 17.3 Å². The third kappa shape index (κ3) is 3.14. The molecule has 0 aliphatic heterocycles. The van der Waals surface area contributed by atoms with E-state index < -0.39 is 5.97 Å². The van der Waals surface area contributed by atoms with Crippen molar-refractivity contribution in [1.29, 1.82) is 0 Å². The molecule has 0 amide bonds. The fourth-order valence-corrected chi connectivity index (χ4v) is 1.77. The van der Waals surface area contributed by atoms with Gasteiger partial charge in [-0.3, -0.25) is 4.79 Å². The topological polar surface area (TPSA) is 50.2 Å². The Morgan fingerprint density at radius 1 is 1.77 bits per heavy atom. The zero-order valence-corrected chi connectivity index (χ0v) is 8.60. The summed E-state index contributed by atoms with van der Waals surface area (Å²) in [5.74, 6) is -1.00. The fraction of sp³-hybridized carbons (Fsp3) is 0.556. The number of hydrogen-bond donors (Lipinski definition) is 1. The lowest BCUT2D eigenvalue weighted by molar-refractivity contribution is -0.141. The van der Waals surface area contributed by atoms with Crippen molar-refractivity contribution in [2.24, 2.45) is 5.92 Å². The number of aromatic nitrogens is 1. The number of rotatable bonds is 4. The molecule has 0 spiro atoms. The van der Waals surface area contributed by atoms with Crippen LogP contribution >= 0.6 is 11.3 Å². The van der Waals surface area contributed by atoms with Gasteiger partial charge in [0.1, 0.15) is 0 Å². The highest BCUT2D eigenvalue weighted by molar-refractivity contribution is 7.09. The van der Waals surface area contributed by atoms with E-state index in [0.29, 0.717) is 6.42 Å². The average molecular weight is 199 g/mol. The first-order valence-electron chi connectivity index (χ1n) is 4.23. The third-order valence-electron chi connectivity index (χ3n) is 1.88. The maximum Gasteiger partial charge on any atom is 0.306 e. The van der Waals surface area contributed by atoms with Gasteiger partial charge in [0.15, 0.2) is 0 Å². The Morgan fingerprint density at radius 2 is 2.46 bits per heavy atom. The molecule has 1 unspecified atom stereocenters. The van der Waals surface area contributed by atoms with Gasteiger partial charge in [-0.2, -0.15) is 0 Å². The Labute approximate surface area is 81.4 Å². The smallest absolute Gasteiger partial charge is 0.306 e. The van der Waals surface area contributed by atoms with Crippen LogP contribution < -0.4 is 0 Å². The minimum atomic E-state index is -0.728. The van der Waals surface area contributed by atoms with Crippen LogP contribution in [0.3, 0.4) is 0 Å². The average Bonchev–Trinajstić information content (AvgIpc) is 2.47. The van der Waals surface area contributed by atoms with Crippen molar-refractivity contribution in [3.63, 3.8) is 0 Å². The van der Waals surface area contributed by atoms with Crippen LogP contribution in [0.15, 0.2) is 5.38 Å². The van der Waals surface area contributed by atoms with Crippen LogP contribution in [0.2, 0.25) is 0 Å². The highest BCUT2D eigenvalue weighted by Gasteiger charge is 2.11. The molecule has 0 aliphatic carbocycles. The van der Waals surface area contributed by atoms with E-state index in [4.69, 9.17) is 5.11 Å². The van der Waals surface area contributed by atoms with Gasteiger partial charge in [-0.15, -0.1) is 11.3 Å². The van der Waals surface area contributed by atoms with Crippen LogP contribution in [0, 0.1) is 12.8 Å². The van der Waals surface area contributed by atoms with Gasteiger partial charge in [0.25, 0.3) is 0 Å². The van der Waals surface area contributed by atoms with E-state index in [2.05, 4.69) is 4.98 Å². The molecule has 0 radical (unpaired) electrons. The van der Waals surface area contributed by atoms with Gasteiger partial charge in [0.2, 0.25) is 0 Å². The van der Waals surface area contributed by atoms with Crippen LogP contribution in [0.4, 0.5) is 0 Å². The zero-order chi connectivity index (χ0) is 9.84. The minimum Gasteiger partial charge on any atom is -0.481 e. The molecule has 1 N–H and O–H groups in total. The molecule has 0 bridgehead atoms. The van der Waals surface area contributed by atoms with Crippen LogP contribution in [0.25, 0.3) is 0 Å². The number of carboxylic acid groups (broad SMARTS) is 1. The number of aryl methyl sites for hydroxylation is 2. The molecule has 1 aromatic rings. The molecule has 13 heavy (non-hydrogen) atoms. The van der Waals surface area contributed by atoms with Crippen LogP contribution in [-0.2, 0) is 11.2 Å². The molecule has 0 aliphatic rings. The third-order valence-corrected chi connectivity index (χ3v) is 2.91. The molecule has 4 heteroatoms. The van der Waals surface area contributed by atoms with Gasteiger partial charge in [0, 0.05) is 17.5 Å². The van der Waals surface area contributed by atoms with Gasteiger partial charge >= 0.3 is 5.97 Å². The quantitative estimate of drug-likeness (QED) is 0.808. The van der Waals surface area contributed by atoms with Crippen molar-refractivity contribution < 1.29 is 9.90 Å². The largest absolute Gasteiger partial charge is 0.481 e. The van der Waals surface area contributed by atoms with Crippen molar-refractivity contribution in [3.8, 4) is 0 Å². The van der Waals surface area contributed by atoms with E-state index >= 15 is 0 Å². The summed E-state index contributed by atoms with van der Waals surface area (Å²) in [6.45, 7) is 3.67. The molecular weight excluding hydrogens is 186 g/mol. The van der Waals surface area contributed by atoms with E-state index in [1.807, 2.05) is 12.3 Å². The number of nitrogens with zero attached hydrogens (tertiary/aromatic N) is 1. The Balaban J connectivity index is 2.39. The summed E-state index contributed by atoms with van der Waals surface area (Å²) in [5.41, 5.74) is 1.02. The predicted octanol–water partition coefficient (Wildman–Crippen LogP) is 2.10. The lowest BCUT2D eigenvalue weighted by Crippen LogP contribution is -2.10. The molecule has 0 saturated heterocycles. The van der Waals surface area contributed by atoms with Gasteiger partial charge in [-0.05, 0) is 13.3 Å². The summed E-state index contributed by atoms with van der Waals surface area (Å²) in [6, 6.07) is 0. The number of aliphatic carboxylic acids is 1. The summed E-state index contributed by atoms with van der Waals surface area (Å²) in [4.78, 5) is 14.8. The van der Waals surface area contributed by atoms with E-state index in [9.17, 15) is 4.79 Å². The van der Waals surface area contributed by atoms with Crippen molar-refractivity contribution in [2.45, 2.75) is 26.7 Å². The maximum absolute atomic E-state index is 10.5. The highest BCUT2D eigenvalue weighted by Crippen LogP contribution is 2.14. The summed E-state index contributed by atoms with van der Waals surface area (Å²) < 4.78 is 0. The molecule has 0 saturated carbocycles. The minimum absolute atomic E-state index is 0.274. The zero-order valence-electron chi connectivity index (χ0n) is 7.78. The molecule has 1 rings (SSSR count). The maximum atomic E-state index is 10.5. The molecule has 1 heterocycles. The molecule has 3 nitrogen and oxygen atoms in total. The number of hydrogen-bond acceptors (Lipinski definition) is 3. The lowest BCUT2D eigenvalue weighted by atomic mass is 10.1. The second-order valence-corrected chi connectivity index (χ2v) is 4.10. The first-order chi connectivity index (χ1) is 6.09. The Kier molecular flexibility index (Phi) is 3.42. The van der Waals surface area contributed by atoms with E-state index in [0.717, 1.165) is 17.1 Å². The lowest BCUT2D eigenvalue weighted by Gasteiger charge is -2.02. The summed E-state index contributed by atoms with van der Waals surface area (Å²) in [6.07, 6.45) is 1.44. The SMILES string of the molecule is Cc1csc(CCC(C)C(=O)O)n1. The molecular formula is C9H13NO2S. The standard InChI is InChI=1S/C9H13NO2S/c1-6(9(11)12)3-4-8-10-7(2)5-13-8/h5-6H,3-4H2,1-2H3,(H,11,12). The van der Waals surface area contributed by atoms with Gasteiger partial charge < -0.3 is 5.11 Å². The van der Waals surface area contributed by atoms with Crippen molar-refractivity contribution in [3.05, 3.63) is 16.1 Å². The molecule has 72 valence electrons. The molecule has 1 atom stereocenters. The summed E-state index contributed by atoms with van der Waals surface area (Å²) >= 11 is 1.60. The van der Waals surface area contributed by atoms with Crippen molar-refractivity contribution in [2.75, 3.05) is 0 Å². The van der Waals surface area contributed by atoms with Crippen LogP contribution in [0.5, 0.6) is 0 Å². The van der Waals surface area contributed by atoms with Gasteiger partial charge in [-0.25, -0.2) is 4.98 Å². The number of thiazole rings is 1. The predicted molar refractivity (Wildman–Crippen MR) is 52.0 cm³/mol. The number of carbonyl (C=O) groups is 1. The van der Waals surface area contributed by atoms with E-state index in [1.54, 1.807) is 18.3 Å². The van der Waals surface area contributed by atoms with Gasteiger partial charge in [0.05, 0.1) is 10.9 Å². The van der Waals surface area contributed by atoms with Crippen LogP contribution in [0.1, 0.15) is 24.0 Å². The Bertz CT molecular complexity index is 296. The summed E-state index contributed by atoms with van der Waals surface area (Å²) in [7, 11) is 0. The van der Waals surface area contributed by atoms with Crippen LogP contribution in [-0.4, -0.2) is 16.1 Å². The second-order valence-electron chi connectivity index (χ2n) is 3.16. The summed E-state index contributed by atoms with van der Waals surface area (Å²) in [5, 5.41) is 11.7. The van der Waals surface area contributed by atoms with Crippen molar-refractivity contribution in [1.82, 2.24) is 4.98 Å². The van der Waals surface area contributed by atoms with E-state index in [1.165, 1.54) is 0 Å². The highest BCUT2D eigenvalue weighted by atomic mass is 32.1. The number of carboxylic acids is 1. The first kappa shape index (κ1) is 10.2. The Hall–Kier alpha value is -0.900. The normalized spacial score (nSPS) is 12.8. The molecule has 0 fully saturated rings. The second kappa shape index (κ2) is 4.37. The Morgan fingerprint density at radius 3 is 2.92 bits per heavy atom. The monoisotopic (exact) mass is 199 g/mol. The molecule has 1 aromatic heterocycles. The fourth-order valence-electron chi connectivity index (χ4n) is 0.981. The molecule has 0 aromatic carbocycles. The van der Waals surface area contributed by atoms with E-state index in [-0.39, 0.29) is 5.92 Å². The van der Waals surface area contributed by atoms with Gasteiger partial charge in [-0.1, -0.05) is 6.92 Å². The first-order valence-corrected chi connectivity index (χ1v) is 5.11.